The Kier molecular flexibility index (Phi) is 4.67. The molecule has 1 fully saturated rings. The Bertz CT molecular complexity index is 647. The molecule has 1 saturated carbocycles. The van der Waals surface area contributed by atoms with E-state index in [0.29, 0.717) is 0 Å². The molecular formula is C11H16ClN5O3S. The Hall–Kier alpha value is -1.42. The normalized spacial score (nSPS) is 16.3. The van der Waals surface area contributed by atoms with Gasteiger partial charge in [-0.25, -0.2) is 19.2 Å². The zero-order valence-corrected chi connectivity index (χ0v) is 12.8. The lowest BCUT2D eigenvalue weighted by molar-refractivity contribution is -0.122. The number of nitrogens with zero attached hydrogens (tertiary/aromatic N) is 1. The topological polar surface area (TPSA) is 126 Å². The van der Waals surface area contributed by atoms with Crippen LogP contribution in [0.3, 0.4) is 0 Å². The smallest absolute Gasteiger partial charge is 0.242 e. The molecule has 0 radical (unpaired) electrons. The quantitative estimate of drug-likeness (QED) is 0.427. The molecule has 2 rings (SSSR count). The third-order valence-corrected chi connectivity index (χ3v) is 4.71. The average molecular weight is 334 g/mol. The number of rotatable bonds is 6. The zero-order chi connectivity index (χ0) is 15.6. The first-order chi connectivity index (χ1) is 9.83. The first kappa shape index (κ1) is 16.0. The summed E-state index contributed by atoms with van der Waals surface area (Å²) in [6.07, 6.45) is 2.96. The number of pyridine rings is 1. The molecule has 1 aliphatic carbocycles. The van der Waals surface area contributed by atoms with Crippen LogP contribution in [0.1, 0.15) is 19.8 Å². The molecule has 1 unspecified atom stereocenters. The van der Waals surface area contributed by atoms with Gasteiger partial charge in [-0.15, -0.1) is 0 Å². The van der Waals surface area contributed by atoms with Crippen molar-refractivity contribution in [1.29, 1.82) is 0 Å². The first-order valence-corrected chi connectivity index (χ1v) is 8.14. The Balaban J connectivity index is 2.09. The van der Waals surface area contributed by atoms with Gasteiger partial charge in [-0.1, -0.05) is 11.6 Å². The van der Waals surface area contributed by atoms with Crippen LogP contribution in [0.25, 0.3) is 0 Å². The van der Waals surface area contributed by atoms with Gasteiger partial charge in [-0.2, -0.15) is 4.72 Å². The largest absolute Gasteiger partial charge is 0.352 e. The summed E-state index contributed by atoms with van der Waals surface area (Å²) in [7, 11) is -3.89. The van der Waals surface area contributed by atoms with Gasteiger partial charge in [0.2, 0.25) is 15.9 Å². The predicted molar refractivity (Wildman–Crippen MR) is 78.0 cm³/mol. The van der Waals surface area contributed by atoms with E-state index in [1.165, 1.54) is 13.0 Å². The number of carbonyl (C=O) groups is 1. The van der Waals surface area contributed by atoms with E-state index in [9.17, 15) is 13.2 Å². The lowest BCUT2D eigenvalue weighted by Crippen LogP contribution is -2.45. The number of nitrogen functional groups attached to an aromatic ring is 1. The molecule has 1 aromatic heterocycles. The fraction of sp³-hybridized carbons (Fsp3) is 0.455. The third-order valence-electron chi connectivity index (χ3n) is 2.91. The molecule has 21 heavy (non-hydrogen) atoms. The molecule has 116 valence electrons. The maximum absolute atomic E-state index is 12.2. The number of nitrogens with two attached hydrogens (primary N) is 1. The van der Waals surface area contributed by atoms with Crippen LogP contribution < -0.4 is 21.3 Å². The van der Waals surface area contributed by atoms with Gasteiger partial charge in [0.05, 0.1) is 11.1 Å². The summed E-state index contributed by atoms with van der Waals surface area (Å²) in [5.74, 6) is 4.97. The van der Waals surface area contributed by atoms with Crippen molar-refractivity contribution in [3.8, 4) is 0 Å². The number of hydrogen-bond donors (Lipinski definition) is 4. The molecule has 1 atom stereocenters. The van der Waals surface area contributed by atoms with E-state index in [2.05, 4.69) is 20.4 Å². The number of carbonyl (C=O) groups excluding carboxylic acids is 1. The van der Waals surface area contributed by atoms with Crippen molar-refractivity contribution in [2.24, 2.45) is 5.84 Å². The number of hydrogen-bond acceptors (Lipinski definition) is 6. The summed E-state index contributed by atoms with van der Waals surface area (Å²) in [4.78, 5) is 15.4. The van der Waals surface area contributed by atoms with Crippen molar-refractivity contribution in [1.82, 2.24) is 15.0 Å². The Morgan fingerprint density at radius 3 is 2.71 bits per heavy atom. The van der Waals surface area contributed by atoms with Crippen molar-refractivity contribution in [3.63, 3.8) is 0 Å². The van der Waals surface area contributed by atoms with Gasteiger partial charge in [0.25, 0.3) is 0 Å². The molecule has 0 saturated heterocycles. The number of nitrogens with one attached hydrogen (secondary N) is 3. The molecule has 0 aromatic carbocycles. The van der Waals surface area contributed by atoms with Crippen molar-refractivity contribution in [2.75, 3.05) is 5.43 Å². The number of amides is 1. The highest BCUT2D eigenvalue weighted by Crippen LogP contribution is 2.22. The molecule has 1 heterocycles. The monoisotopic (exact) mass is 333 g/mol. The van der Waals surface area contributed by atoms with E-state index in [1.54, 1.807) is 0 Å². The minimum atomic E-state index is -3.89. The summed E-state index contributed by atoms with van der Waals surface area (Å²) in [5.41, 5.74) is 2.24. The number of sulfonamides is 1. The molecule has 1 aromatic rings. The first-order valence-electron chi connectivity index (χ1n) is 6.28. The van der Waals surface area contributed by atoms with Gasteiger partial charge in [0.15, 0.2) is 5.82 Å². The summed E-state index contributed by atoms with van der Waals surface area (Å²) < 4.78 is 26.6. The van der Waals surface area contributed by atoms with Crippen LogP contribution in [0, 0.1) is 0 Å². The van der Waals surface area contributed by atoms with Crippen molar-refractivity contribution < 1.29 is 13.2 Å². The molecular weight excluding hydrogens is 318 g/mol. The average Bonchev–Trinajstić information content (AvgIpc) is 3.22. The van der Waals surface area contributed by atoms with Gasteiger partial charge in [0, 0.05) is 12.2 Å². The SMILES string of the molecule is CC(NS(=O)(=O)c1cnc(NN)c(Cl)c1)C(=O)NC1CC1. The van der Waals surface area contributed by atoms with Crippen LogP contribution >= 0.6 is 11.6 Å². The van der Waals surface area contributed by atoms with Crippen LogP contribution in [-0.4, -0.2) is 31.4 Å². The minimum absolute atomic E-state index is 0.0652. The Labute approximate surface area is 127 Å². The Morgan fingerprint density at radius 2 is 2.19 bits per heavy atom. The maximum Gasteiger partial charge on any atom is 0.242 e. The van der Waals surface area contributed by atoms with Crippen LogP contribution in [0.2, 0.25) is 5.02 Å². The lowest BCUT2D eigenvalue weighted by Gasteiger charge is -2.14. The number of aromatic nitrogens is 1. The highest BCUT2D eigenvalue weighted by molar-refractivity contribution is 7.89. The van der Waals surface area contributed by atoms with E-state index < -0.39 is 16.1 Å². The van der Waals surface area contributed by atoms with Crippen molar-refractivity contribution in [3.05, 3.63) is 17.3 Å². The Morgan fingerprint density at radius 1 is 1.52 bits per heavy atom. The van der Waals surface area contributed by atoms with Gasteiger partial charge in [0.1, 0.15) is 4.90 Å². The molecule has 8 nitrogen and oxygen atoms in total. The molecule has 0 aliphatic heterocycles. The number of halogens is 1. The summed E-state index contributed by atoms with van der Waals surface area (Å²) in [5, 5.41) is 2.79. The van der Waals surface area contributed by atoms with E-state index >= 15 is 0 Å². The van der Waals surface area contributed by atoms with Crippen molar-refractivity contribution in [2.45, 2.75) is 36.7 Å². The van der Waals surface area contributed by atoms with Gasteiger partial charge < -0.3 is 10.7 Å². The number of anilines is 1. The zero-order valence-electron chi connectivity index (χ0n) is 11.3. The van der Waals surface area contributed by atoms with Crippen LogP contribution in [0.15, 0.2) is 17.2 Å². The van der Waals surface area contributed by atoms with Gasteiger partial charge in [-0.05, 0) is 25.8 Å². The molecule has 1 aliphatic rings. The second kappa shape index (κ2) is 6.14. The highest BCUT2D eigenvalue weighted by atomic mass is 35.5. The van der Waals surface area contributed by atoms with Crippen LogP contribution in [-0.2, 0) is 14.8 Å². The molecule has 0 spiro atoms. The van der Waals surface area contributed by atoms with Gasteiger partial charge in [-0.3, -0.25) is 4.79 Å². The third kappa shape index (κ3) is 4.03. The maximum atomic E-state index is 12.2. The van der Waals surface area contributed by atoms with Crippen LogP contribution in [0.4, 0.5) is 5.82 Å². The van der Waals surface area contributed by atoms with E-state index in [4.69, 9.17) is 17.4 Å². The molecule has 1 amide bonds. The number of hydrazine groups is 1. The van der Waals surface area contributed by atoms with E-state index in [1.807, 2.05) is 0 Å². The molecule has 5 N–H and O–H groups in total. The fourth-order valence-corrected chi connectivity index (χ4v) is 3.04. The summed E-state index contributed by atoms with van der Waals surface area (Å²) in [6, 6.07) is 0.481. The lowest BCUT2D eigenvalue weighted by atomic mass is 10.3. The van der Waals surface area contributed by atoms with E-state index in [0.717, 1.165) is 19.0 Å². The van der Waals surface area contributed by atoms with Gasteiger partial charge >= 0.3 is 0 Å². The fourth-order valence-electron chi connectivity index (χ4n) is 1.58. The summed E-state index contributed by atoms with van der Waals surface area (Å²) >= 11 is 5.84. The summed E-state index contributed by atoms with van der Waals surface area (Å²) in [6.45, 7) is 1.47. The van der Waals surface area contributed by atoms with E-state index in [-0.39, 0.29) is 27.7 Å². The second-order valence-corrected chi connectivity index (χ2v) is 6.89. The second-order valence-electron chi connectivity index (χ2n) is 4.77. The minimum Gasteiger partial charge on any atom is -0.352 e. The molecule has 0 bridgehead atoms. The molecule has 10 heteroatoms. The van der Waals surface area contributed by atoms with Crippen molar-refractivity contribution >= 4 is 33.3 Å². The standard InChI is InChI=1S/C11H16ClN5O3S/c1-6(11(18)15-7-2-3-7)17-21(19,20)8-4-9(12)10(16-13)14-5-8/h4-7,17H,2-3,13H2,1H3,(H,14,16)(H,15,18). The highest BCUT2D eigenvalue weighted by Gasteiger charge is 2.28. The predicted octanol–water partition coefficient (Wildman–Crippen LogP) is -0.0340. The van der Waals surface area contributed by atoms with Crippen LogP contribution in [0.5, 0.6) is 0 Å².